The van der Waals surface area contributed by atoms with Crippen LogP contribution < -0.4 is 0 Å². The van der Waals surface area contributed by atoms with E-state index in [-0.39, 0.29) is 43.3 Å². The number of carbonyl (C=O) groups is 3. The molecule has 0 fully saturated rings. The highest BCUT2D eigenvalue weighted by Crippen LogP contribution is 2.33. The zero-order valence-corrected chi connectivity index (χ0v) is 14.8. The maximum absolute atomic E-state index is 12.8. The summed E-state index contributed by atoms with van der Waals surface area (Å²) < 4.78 is 0. The number of hydrogen-bond donors (Lipinski definition) is 1. The van der Waals surface area contributed by atoms with Gasteiger partial charge in [-0.3, -0.25) is 14.4 Å². The second-order valence-electron chi connectivity index (χ2n) is 6.42. The van der Waals surface area contributed by atoms with Crippen LogP contribution in [0.25, 0.3) is 6.08 Å². The molecule has 0 aromatic heterocycles. The van der Waals surface area contributed by atoms with E-state index in [0.717, 1.165) is 11.1 Å². The average Bonchev–Trinajstić information content (AvgIpc) is 2.54. The van der Waals surface area contributed by atoms with Crippen LogP contribution in [0.4, 0.5) is 0 Å². The second-order valence-corrected chi connectivity index (χ2v) is 6.42. The largest absolute Gasteiger partial charge is 0.481 e. The summed E-state index contributed by atoms with van der Waals surface area (Å²) in [6, 6.07) is 7.19. The smallest absolute Gasteiger partial charge is 0.305 e. The molecule has 1 aliphatic rings. The third kappa shape index (κ3) is 4.47. The summed E-state index contributed by atoms with van der Waals surface area (Å²) in [5, 5.41) is 8.89. The summed E-state index contributed by atoms with van der Waals surface area (Å²) in [4.78, 5) is 38.8. The quantitative estimate of drug-likeness (QED) is 0.860. The van der Waals surface area contributed by atoms with Crippen LogP contribution in [0.2, 0.25) is 0 Å². The number of hydrogen-bond acceptors (Lipinski definition) is 3. The zero-order chi connectivity index (χ0) is 18.6. The maximum Gasteiger partial charge on any atom is 0.305 e. The van der Waals surface area contributed by atoms with Gasteiger partial charge in [0.2, 0.25) is 11.8 Å². The molecule has 2 rings (SSSR count). The van der Waals surface area contributed by atoms with Gasteiger partial charge in [-0.05, 0) is 31.1 Å². The highest BCUT2D eigenvalue weighted by atomic mass is 16.4. The number of benzene rings is 1. The summed E-state index contributed by atoms with van der Waals surface area (Å²) in [5.41, 5.74) is 1.91. The van der Waals surface area contributed by atoms with Crippen LogP contribution in [0.1, 0.15) is 50.8 Å². The molecule has 0 spiro atoms. The third-order valence-corrected chi connectivity index (χ3v) is 4.35. The summed E-state index contributed by atoms with van der Waals surface area (Å²) in [6.07, 6.45) is 3.60. The molecule has 0 saturated carbocycles. The van der Waals surface area contributed by atoms with E-state index in [9.17, 15) is 14.4 Å². The Morgan fingerprint density at radius 1 is 1.24 bits per heavy atom. The number of aliphatic carboxylic acids is 1. The second kappa shape index (κ2) is 7.96. The SMILES string of the molecule is CC(=O)N1C=Cc2ccccc2C1CC(=O)N(CCC(=O)O)C(C)C. The minimum Gasteiger partial charge on any atom is -0.481 e. The average molecular weight is 344 g/mol. The van der Waals surface area contributed by atoms with Crippen molar-refractivity contribution in [2.24, 2.45) is 0 Å². The summed E-state index contributed by atoms with van der Waals surface area (Å²) in [5.74, 6) is -1.22. The van der Waals surface area contributed by atoms with Crippen LogP contribution in [0.15, 0.2) is 30.5 Å². The van der Waals surface area contributed by atoms with E-state index in [2.05, 4.69) is 0 Å². The van der Waals surface area contributed by atoms with Crippen LogP contribution in [0.5, 0.6) is 0 Å². The number of fused-ring (bicyclic) bond motifs is 1. The van der Waals surface area contributed by atoms with Crippen LogP contribution in [-0.2, 0) is 14.4 Å². The van der Waals surface area contributed by atoms with Crippen LogP contribution in [0, 0.1) is 0 Å². The molecule has 0 radical (unpaired) electrons. The molecule has 25 heavy (non-hydrogen) atoms. The number of rotatable bonds is 6. The van der Waals surface area contributed by atoms with Gasteiger partial charge in [-0.2, -0.15) is 0 Å². The van der Waals surface area contributed by atoms with Gasteiger partial charge in [-0.1, -0.05) is 24.3 Å². The fraction of sp³-hybridized carbons (Fsp3) is 0.421. The van der Waals surface area contributed by atoms with E-state index in [1.54, 1.807) is 16.0 Å². The monoisotopic (exact) mass is 344 g/mol. The summed E-state index contributed by atoms with van der Waals surface area (Å²) in [6.45, 7) is 5.35. The number of carbonyl (C=O) groups excluding carboxylic acids is 2. The van der Waals surface area contributed by atoms with Gasteiger partial charge in [0.25, 0.3) is 0 Å². The number of nitrogens with zero attached hydrogens (tertiary/aromatic N) is 2. The minimum absolute atomic E-state index is 0.0957. The first-order valence-corrected chi connectivity index (χ1v) is 8.38. The van der Waals surface area contributed by atoms with E-state index >= 15 is 0 Å². The zero-order valence-electron chi connectivity index (χ0n) is 14.8. The molecule has 134 valence electrons. The number of carboxylic acids is 1. The third-order valence-electron chi connectivity index (χ3n) is 4.35. The Bertz CT molecular complexity index is 696. The lowest BCUT2D eigenvalue weighted by molar-refractivity contribution is -0.139. The molecule has 0 aliphatic carbocycles. The lowest BCUT2D eigenvalue weighted by Gasteiger charge is -2.34. The molecule has 1 heterocycles. The lowest BCUT2D eigenvalue weighted by Crippen LogP contribution is -2.41. The molecule has 2 amide bonds. The first-order chi connectivity index (χ1) is 11.8. The molecule has 1 aromatic rings. The molecule has 1 aliphatic heterocycles. The normalized spacial score (nSPS) is 15.8. The minimum atomic E-state index is -0.935. The first kappa shape index (κ1) is 18.7. The Morgan fingerprint density at radius 2 is 1.92 bits per heavy atom. The van der Waals surface area contributed by atoms with Crippen LogP contribution in [0.3, 0.4) is 0 Å². The molecule has 1 aromatic carbocycles. The molecule has 1 unspecified atom stereocenters. The Balaban J connectivity index is 2.24. The number of carboxylic acid groups (broad SMARTS) is 1. The molecule has 6 heteroatoms. The lowest BCUT2D eigenvalue weighted by atomic mass is 9.93. The molecular weight excluding hydrogens is 320 g/mol. The Kier molecular flexibility index (Phi) is 5.96. The van der Waals surface area contributed by atoms with E-state index in [0.29, 0.717) is 0 Å². The van der Waals surface area contributed by atoms with E-state index in [1.165, 1.54) is 6.92 Å². The summed E-state index contributed by atoms with van der Waals surface area (Å²) >= 11 is 0. The maximum atomic E-state index is 12.8. The van der Waals surface area contributed by atoms with Crippen molar-refractivity contribution >= 4 is 23.9 Å². The van der Waals surface area contributed by atoms with Gasteiger partial charge in [-0.15, -0.1) is 0 Å². The molecular formula is C19H24N2O4. The van der Waals surface area contributed by atoms with Gasteiger partial charge in [0, 0.05) is 25.7 Å². The Labute approximate surface area is 147 Å². The molecule has 1 atom stereocenters. The van der Waals surface area contributed by atoms with Crippen LogP contribution in [-0.4, -0.2) is 45.3 Å². The Hall–Kier alpha value is -2.63. The van der Waals surface area contributed by atoms with Crippen LogP contribution >= 0.6 is 0 Å². The fourth-order valence-corrected chi connectivity index (χ4v) is 3.08. The van der Waals surface area contributed by atoms with E-state index < -0.39 is 5.97 Å². The molecule has 0 saturated heterocycles. The highest BCUT2D eigenvalue weighted by Gasteiger charge is 2.30. The predicted octanol–water partition coefficient (Wildman–Crippen LogP) is 2.66. The van der Waals surface area contributed by atoms with E-state index in [1.807, 2.05) is 44.2 Å². The number of amides is 2. The van der Waals surface area contributed by atoms with Gasteiger partial charge < -0.3 is 14.9 Å². The fourth-order valence-electron chi connectivity index (χ4n) is 3.08. The molecule has 6 nitrogen and oxygen atoms in total. The van der Waals surface area contributed by atoms with Gasteiger partial charge in [-0.25, -0.2) is 0 Å². The molecule has 1 N–H and O–H groups in total. The van der Waals surface area contributed by atoms with Crippen molar-refractivity contribution in [3.63, 3.8) is 0 Å². The van der Waals surface area contributed by atoms with Crippen molar-refractivity contribution in [2.75, 3.05) is 6.54 Å². The standard InChI is InChI=1S/C19H24N2O4/c1-13(2)20(11-9-19(24)25)18(23)12-17-16-7-5-4-6-15(16)8-10-21(17)14(3)22/h4-8,10,13,17H,9,11-12H2,1-3H3,(H,24,25). The van der Waals surface area contributed by atoms with Crippen molar-refractivity contribution < 1.29 is 19.5 Å². The predicted molar refractivity (Wildman–Crippen MR) is 94.5 cm³/mol. The van der Waals surface area contributed by atoms with Gasteiger partial charge in [0.1, 0.15) is 0 Å². The van der Waals surface area contributed by atoms with Crippen molar-refractivity contribution in [3.8, 4) is 0 Å². The highest BCUT2D eigenvalue weighted by molar-refractivity contribution is 5.82. The van der Waals surface area contributed by atoms with Crippen molar-refractivity contribution in [2.45, 2.75) is 45.7 Å². The first-order valence-electron chi connectivity index (χ1n) is 8.38. The topological polar surface area (TPSA) is 77.9 Å². The Morgan fingerprint density at radius 3 is 2.52 bits per heavy atom. The van der Waals surface area contributed by atoms with Crippen molar-refractivity contribution in [1.82, 2.24) is 9.80 Å². The van der Waals surface area contributed by atoms with Crippen molar-refractivity contribution in [3.05, 3.63) is 41.6 Å². The van der Waals surface area contributed by atoms with Crippen molar-refractivity contribution in [1.29, 1.82) is 0 Å². The van der Waals surface area contributed by atoms with Gasteiger partial charge in [0.05, 0.1) is 18.9 Å². The summed E-state index contributed by atoms with van der Waals surface area (Å²) in [7, 11) is 0. The van der Waals surface area contributed by atoms with E-state index in [4.69, 9.17) is 5.11 Å². The van der Waals surface area contributed by atoms with Gasteiger partial charge in [0.15, 0.2) is 0 Å². The van der Waals surface area contributed by atoms with Gasteiger partial charge >= 0.3 is 5.97 Å². The molecule has 0 bridgehead atoms.